The van der Waals surface area contributed by atoms with Crippen LogP contribution in [-0.2, 0) is 6.42 Å². The minimum atomic E-state index is -0.352. The molecule has 0 aromatic heterocycles. The fourth-order valence-electron chi connectivity index (χ4n) is 2.26. The van der Waals surface area contributed by atoms with Gasteiger partial charge in [0.05, 0.1) is 12.0 Å². The van der Waals surface area contributed by atoms with Crippen LogP contribution in [0.1, 0.15) is 5.56 Å². The summed E-state index contributed by atoms with van der Waals surface area (Å²) in [6.45, 7) is 0.672. The molecule has 0 aliphatic carbocycles. The zero-order chi connectivity index (χ0) is 15.2. The van der Waals surface area contributed by atoms with E-state index in [9.17, 15) is 10.1 Å². The van der Waals surface area contributed by atoms with Gasteiger partial charge < -0.3 is 9.64 Å². The van der Waals surface area contributed by atoms with Gasteiger partial charge >= 0.3 is 0 Å². The van der Waals surface area contributed by atoms with E-state index in [1.165, 1.54) is 6.07 Å². The SMILES string of the molecule is COc1ccccc1CCN(C)c1ccccc1[N+](=O)[O-]. The van der Waals surface area contributed by atoms with Crippen molar-refractivity contribution < 1.29 is 9.66 Å². The maximum atomic E-state index is 11.1. The van der Waals surface area contributed by atoms with E-state index in [1.54, 1.807) is 19.2 Å². The second kappa shape index (κ2) is 6.74. The van der Waals surface area contributed by atoms with Crippen molar-refractivity contribution in [3.05, 3.63) is 64.2 Å². The first-order chi connectivity index (χ1) is 10.1. The summed E-state index contributed by atoms with van der Waals surface area (Å²) in [5, 5.41) is 11.1. The molecule has 5 nitrogen and oxygen atoms in total. The number of nitro groups is 1. The summed E-state index contributed by atoms with van der Waals surface area (Å²) in [6, 6.07) is 14.6. The number of anilines is 1. The molecule has 0 spiro atoms. The van der Waals surface area contributed by atoms with Crippen LogP contribution in [0.25, 0.3) is 0 Å². The van der Waals surface area contributed by atoms with Gasteiger partial charge in [-0.1, -0.05) is 30.3 Å². The Morgan fingerprint density at radius 3 is 2.52 bits per heavy atom. The number of nitrogens with zero attached hydrogens (tertiary/aromatic N) is 2. The molecule has 0 N–H and O–H groups in total. The van der Waals surface area contributed by atoms with Crippen molar-refractivity contribution >= 4 is 11.4 Å². The van der Waals surface area contributed by atoms with E-state index < -0.39 is 0 Å². The highest BCUT2D eigenvalue weighted by Gasteiger charge is 2.16. The third kappa shape index (κ3) is 3.51. The molecule has 0 bridgehead atoms. The van der Waals surface area contributed by atoms with Crippen LogP contribution >= 0.6 is 0 Å². The average Bonchev–Trinajstić information content (AvgIpc) is 2.52. The van der Waals surface area contributed by atoms with E-state index in [1.807, 2.05) is 42.3 Å². The van der Waals surface area contributed by atoms with Gasteiger partial charge in [0.15, 0.2) is 0 Å². The lowest BCUT2D eigenvalue weighted by Gasteiger charge is -2.19. The summed E-state index contributed by atoms with van der Waals surface area (Å²) in [5.74, 6) is 0.841. The van der Waals surface area contributed by atoms with Gasteiger partial charge in [0.25, 0.3) is 5.69 Å². The molecule has 0 radical (unpaired) electrons. The number of nitro benzene ring substituents is 1. The Morgan fingerprint density at radius 1 is 1.14 bits per heavy atom. The molecule has 0 saturated heterocycles. The molecule has 0 unspecified atom stereocenters. The smallest absolute Gasteiger partial charge is 0.292 e. The third-order valence-electron chi connectivity index (χ3n) is 3.40. The Hall–Kier alpha value is -2.56. The molecular weight excluding hydrogens is 268 g/mol. The highest BCUT2D eigenvalue weighted by molar-refractivity contribution is 5.62. The van der Waals surface area contributed by atoms with Gasteiger partial charge in [-0.25, -0.2) is 0 Å². The van der Waals surface area contributed by atoms with Crippen molar-refractivity contribution in [2.24, 2.45) is 0 Å². The topological polar surface area (TPSA) is 55.6 Å². The first-order valence-electron chi connectivity index (χ1n) is 6.70. The number of hydrogen-bond donors (Lipinski definition) is 0. The Balaban J connectivity index is 2.12. The van der Waals surface area contributed by atoms with E-state index in [0.29, 0.717) is 12.2 Å². The number of benzene rings is 2. The van der Waals surface area contributed by atoms with Crippen molar-refractivity contribution in [3.63, 3.8) is 0 Å². The second-order valence-corrected chi connectivity index (χ2v) is 4.73. The fraction of sp³-hybridized carbons (Fsp3) is 0.250. The summed E-state index contributed by atoms with van der Waals surface area (Å²) in [7, 11) is 3.50. The van der Waals surface area contributed by atoms with Gasteiger partial charge in [0, 0.05) is 19.7 Å². The van der Waals surface area contributed by atoms with Crippen molar-refractivity contribution in [2.45, 2.75) is 6.42 Å². The van der Waals surface area contributed by atoms with Crippen LogP contribution in [0.5, 0.6) is 5.75 Å². The molecule has 0 atom stereocenters. The predicted molar refractivity (Wildman–Crippen MR) is 83.1 cm³/mol. The molecule has 0 heterocycles. The molecule has 110 valence electrons. The van der Waals surface area contributed by atoms with E-state index in [4.69, 9.17) is 4.74 Å². The monoisotopic (exact) mass is 286 g/mol. The van der Waals surface area contributed by atoms with Gasteiger partial charge in [-0.3, -0.25) is 10.1 Å². The van der Waals surface area contributed by atoms with Crippen LogP contribution < -0.4 is 9.64 Å². The fourth-order valence-corrected chi connectivity index (χ4v) is 2.26. The lowest BCUT2D eigenvalue weighted by Crippen LogP contribution is -2.21. The average molecular weight is 286 g/mol. The Labute approximate surface area is 123 Å². The minimum absolute atomic E-state index is 0.125. The molecule has 2 aromatic carbocycles. The molecular formula is C16H18N2O3. The molecule has 2 aromatic rings. The standard InChI is InChI=1S/C16H18N2O3/c1-17(14-8-4-5-9-15(14)18(19)20)12-11-13-7-3-6-10-16(13)21-2/h3-10H,11-12H2,1-2H3. The van der Waals surface area contributed by atoms with E-state index in [-0.39, 0.29) is 10.6 Å². The Kier molecular flexibility index (Phi) is 4.77. The molecule has 0 aliphatic heterocycles. The number of likely N-dealkylation sites (N-methyl/N-ethyl adjacent to an activating group) is 1. The number of rotatable bonds is 6. The normalized spacial score (nSPS) is 10.2. The predicted octanol–water partition coefficient (Wildman–Crippen LogP) is 3.28. The number of para-hydroxylation sites is 3. The molecule has 5 heteroatoms. The summed E-state index contributed by atoms with van der Waals surface area (Å²) >= 11 is 0. The highest BCUT2D eigenvalue weighted by atomic mass is 16.6. The Bertz CT molecular complexity index is 628. The number of hydrogen-bond acceptors (Lipinski definition) is 4. The van der Waals surface area contributed by atoms with Gasteiger partial charge in [-0.05, 0) is 24.1 Å². The molecule has 0 amide bonds. The van der Waals surface area contributed by atoms with Crippen LogP contribution in [0.2, 0.25) is 0 Å². The molecule has 0 aliphatic rings. The van der Waals surface area contributed by atoms with Gasteiger partial charge in [0.2, 0.25) is 0 Å². The van der Waals surface area contributed by atoms with Crippen LogP contribution in [0.4, 0.5) is 11.4 Å². The highest BCUT2D eigenvalue weighted by Crippen LogP contribution is 2.27. The lowest BCUT2D eigenvalue weighted by atomic mass is 10.1. The summed E-state index contributed by atoms with van der Waals surface area (Å²) in [5.41, 5.74) is 1.84. The van der Waals surface area contributed by atoms with Gasteiger partial charge in [-0.15, -0.1) is 0 Å². The van der Waals surface area contributed by atoms with E-state index in [0.717, 1.165) is 17.7 Å². The van der Waals surface area contributed by atoms with Gasteiger partial charge in [0.1, 0.15) is 11.4 Å². The van der Waals surface area contributed by atoms with Gasteiger partial charge in [-0.2, -0.15) is 0 Å². The largest absolute Gasteiger partial charge is 0.496 e. The molecule has 0 saturated carbocycles. The van der Waals surface area contributed by atoms with Crippen LogP contribution in [0, 0.1) is 10.1 Å². The molecule has 2 rings (SSSR count). The third-order valence-corrected chi connectivity index (χ3v) is 3.40. The quantitative estimate of drug-likeness (QED) is 0.604. The van der Waals surface area contributed by atoms with Crippen LogP contribution in [0.3, 0.4) is 0 Å². The number of methoxy groups -OCH3 is 1. The van der Waals surface area contributed by atoms with E-state index in [2.05, 4.69) is 0 Å². The maximum Gasteiger partial charge on any atom is 0.292 e. The first kappa shape index (κ1) is 14.8. The van der Waals surface area contributed by atoms with Crippen LogP contribution in [0.15, 0.2) is 48.5 Å². The summed E-state index contributed by atoms with van der Waals surface area (Å²) < 4.78 is 5.32. The summed E-state index contributed by atoms with van der Waals surface area (Å²) in [6.07, 6.45) is 0.757. The van der Waals surface area contributed by atoms with Crippen LogP contribution in [-0.4, -0.2) is 25.6 Å². The second-order valence-electron chi connectivity index (χ2n) is 4.73. The van der Waals surface area contributed by atoms with E-state index >= 15 is 0 Å². The van der Waals surface area contributed by atoms with Crippen molar-refractivity contribution in [1.82, 2.24) is 0 Å². The lowest BCUT2D eigenvalue weighted by molar-refractivity contribution is -0.384. The maximum absolute atomic E-state index is 11.1. The zero-order valence-electron chi connectivity index (χ0n) is 12.2. The zero-order valence-corrected chi connectivity index (χ0v) is 12.2. The minimum Gasteiger partial charge on any atom is -0.496 e. The summed E-state index contributed by atoms with van der Waals surface area (Å²) in [4.78, 5) is 12.6. The first-order valence-corrected chi connectivity index (χ1v) is 6.70. The van der Waals surface area contributed by atoms with Crippen molar-refractivity contribution in [3.8, 4) is 5.75 Å². The number of ether oxygens (including phenoxy) is 1. The molecule has 0 fully saturated rings. The van der Waals surface area contributed by atoms with Crippen molar-refractivity contribution in [1.29, 1.82) is 0 Å². The Morgan fingerprint density at radius 2 is 1.81 bits per heavy atom. The van der Waals surface area contributed by atoms with Crippen molar-refractivity contribution in [2.75, 3.05) is 25.6 Å². The molecule has 21 heavy (non-hydrogen) atoms.